The summed E-state index contributed by atoms with van der Waals surface area (Å²) in [5, 5.41) is 0. The third kappa shape index (κ3) is 3.80. The Morgan fingerprint density at radius 1 is 1.26 bits per heavy atom. The minimum absolute atomic E-state index is 0.131. The standard InChI is InChI=1S/C21H27FN2O3/c1-27-18-5-4-16(22)12-17(18)20(26)23-10-8-21(9-11-23)7-6-19(25)24(14-21)13-15-2-3-15/h4-5,12,15H,2-3,6-11,13-14H2,1H3. The smallest absolute Gasteiger partial charge is 0.257 e. The number of amides is 2. The van der Waals surface area contributed by atoms with Gasteiger partial charge in [-0.25, -0.2) is 4.39 Å². The molecule has 3 fully saturated rings. The van der Waals surface area contributed by atoms with E-state index in [1.165, 1.54) is 38.2 Å². The fourth-order valence-electron chi connectivity index (χ4n) is 4.49. The SMILES string of the molecule is COc1ccc(F)cc1C(=O)N1CCC2(CCC(=O)N(CC3CC3)C2)CC1. The Morgan fingerprint density at radius 2 is 2.00 bits per heavy atom. The molecule has 1 aliphatic carbocycles. The lowest BCUT2D eigenvalue weighted by molar-refractivity contribution is -0.139. The third-order valence-corrected chi connectivity index (χ3v) is 6.43. The van der Waals surface area contributed by atoms with Gasteiger partial charge in [0.05, 0.1) is 12.7 Å². The summed E-state index contributed by atoms with van der Waals surface area (Å²) >= 11 is 0. The van der Waals surface area contributed by atoms with Crippen LogP contribution >= 0.6 is 0 Å². The van der Waals surface area contributed by atoms with Crippen molar-refractivity contribution in [1.82, 2.24) is 9.80 Å². The Labute approximate surface area is 159 Å². The van der Waals surface area contributed by atoms with Crippen molar-refractivity contribution in [2.45, 2.75) is 38.5 Å². The molecule has 2 aliphatic heterocycles. The number of piperidine rings is 2. The van der Waals surface area contributed by atoms with E-state index in [-0.39, 0.29) is 22.8 Å². The van der Waals surface area contributed by atoms with Gasteiger partial charge in [0.1, 0.15) is 11.6 Å². The number of benzene rings is 1. The van der Waals surface area contributed by atoms with Crippen LogP contribution in [0.15, 0.2) is 18.2 Å². The fraction of sp³-hybridized carbons (Fsp3) is 0.619. The van der Waals surface area contributed by atoms with Crippen LogP contribution < -0.4 is 4.74 Å². The predicted molar refractivity (Wildman–Crippen MR) is 99.1 cm³/mol. The molecule has 146 valence electrons. The van der Waals surface area contributed by atoms with E-state index in [4.69, 9.17) is 4.74 Å². The number of likely N-dealkylation sites (tertiary alicyclic amines) is 2. The number of nitrogens with zero attached hydrogens (tertiary/aromatic N) is 2. The zero-order chi connectivity index (χ0) is 19.0. The molecule has 4 rings (SSSR count). The number of hydrogen-bond acceptors (Lipinski definition) is 3. The van der Waals surface area contributed by atoms with Crippen molar-refractivity contribution in [2.24, 2.45) is 11.3 Å². The van der Waals surface area contributed by atoms with Crippen LogP contribution in [0.4, 0.5) is 4.39 Å². The Hall–Kier alpha value is -2.11. The molecule has 0 radical (unpaired) electrons. The van der Waals surface area contributed by atoms with Crippen LogP contribution in [-0.4, -0.2) is 54.9 Å². The highest BCUT2D eigenvalue weighted by Gasteiger charge is 2.43. The van der Waals surface area contributed by atoms with Gasteiger partial charge < -0.3 is 14.5 Å². The summed E-state index contributed by atoms with van der Waals surface area (Å²) in [6.07, 6.45) is 5.81. The third-order valence-electron chi connectivity index (χ3n) is 6.43. The van der Waals surface area contributed by atoms with Crippen molar-refractivity contribution < 1.29 is 18.7 Å². The van der Waals surface area contributed by atoms with Gasteiger partial charge in [-0.2, -0.15) is 0 Å². The van der Waals surface area contributed by atoms with E-state index >= 15 is 0 Å². The Kier molecular flexibility index (Phi) is 4.82. The van der Waals surface area contributed by atoms with Crippen LogP contribution in [0.2, 0.25) is 0 Å². The van der Waals surface area contributed by atoms with Gasteiger partial charge in [0.15, 0.2) is 0 Å². The number of carbonyl (C=O) groups excluding carboxylic acids is 2. The second-order valence-electron chi connectivity index (χ2n) is 8.35. The molecule has 0 unspecified atom stereocenters. The molecule has 0 bridgehead atoms. The summed E-state index contributed by atoms with van der Waals surface area (Å²) < 4.78 is 18.9. The largest absolute Gasteiger partial charge is 0.496 e. The lowest BCUT2D eigenvalue weighted by atomic mass is 9.72. The van der Waals surface area contributed by atoms with Crippen LogP contribution in [0.3, 0.4) is 0 Å². The molecule has 2 heterocycles. The number of methoxy groups -OCH3 is 1. The maximum absolute atomic E-state index is 13.6. The monoisotopic (exact) mass is 374 g/mol. The molecule has 5 nitrogen and oxygen atoms in total. The molecule has 6 heteroatoms. The highest BCUT2D eigenvalue weighted by Crippen LogP contribution is 2.42. The molecule has 1 saturated carbocycles. The molecule has 27 heavy (non-hydrogen) atoms. The Morgan fingerprint density at radius 3 is 2.67 bits per heavy atom. The van der Waals surface area contributed by atoms with Crippen molar-refractivity contribution >= 4 is 11.8 Å². The summed E-state index contributed by atoms with van der Waals surface area (Å²) in [6, 6.07) is 4.05. The van der Waals surface area contributed by atoms with Crippen molar-refractivity contribution in [2.75, 3.05) is 33.3 Å². The molecular weight excluding hydrogens is 347 g/mol. The van der Waals surface area contributed by atoms with Crippen LogP contribution in [-0.2, 0) is 4.79 Å². The maximum Gasteiger partial charge on any atom is 0.257 e. The number of hydrogen-bond donors (Lipinski definition) is 0. The van der Waals surface area contributed by atoms with E-state index in [9.17, 15) is 14.0 Å². The van der Waals surface area contributed by atoms with Gasteiger partial charge in [-0.05, 0) is 61.6 Å². The van der Waals surface area contributed by atoms with Crippen molar-refractivity contribution in [3.63, 3.8) is 0 Å². The van der Waals surface area contributed by atoms with Gasteiger partial charge in [0, 0.05) is 32.6 Å². The molecule has 1 aromatic rings. The number of ether oxygens (including phenoxy) is 1. The van der Waals surface area contributed by atoms with E-state index in [1.807, 2.05) is 0 Å². The quantitative estimate of drug-likeness (QED) is 0.814. The normalized spacial score (nSPS) is 22.2. The van der Waals surface area contributed by atoms with E-state index in [0.29, 0.717) is 31.2 Å². The van der Waals surface area contributed by atoms with Gasteiger partial charge >= 0.3 is 0 Å². The lowest BCUT2D eigenvalue weighted by Gasteiger charge is -2.47. The van der Waals surface area contributed by atoms with Gasteiger partial charge in [0.2, 0.25) is 5.91 Å². The molecule has 2 amide bonds. The first-order chi connectivity index (χ1) is 13.0. The van der Waals surface area contributed by atoms with Crippen LogP contribution in [0.1, 0.15) is 48.9 Å². The molecule has 1 aromatic carbocycles. The highest BCUT2D eigenvalue weighted by molar-refractivity contribution is 5.97. The first-order valence-corrected chi connectivity index (χ1v) is 9.90. The zero-order valence-corrected chi connectivity index (χ0v) is 15.9. The first kappa shape index (κ1) is 18.3. The van der Waals surface area contributed by atoms with E-state index < -0.39 is 5.82 Å². The molecule has 0 N–H and O–H groups in total. The average Bonchev–Trinajstić information content (AvgIpc) is 3.49. The number of rotatable bonds is 4. The van der Waals surface area contributed by atoms with E-state index in [0.717, 1.165) is 32.4 Å². The number of halogens is 1. The van der Waals surface area contributed by atoms with E-state index in [2.05, 4.69) is 4.90 Å². The van der Waals surface area contributed by atoms with Crippen molar-refractivity contribution in [1.29, 1.82) is 0 Å². The predicted octanol–water partition coefficient (Wildman–Crippen LogP) is 3.09. The second kappa shape index (κ2) is 7.13. The van der Waals surface area contributed by atoms with E-state index in [1.54, 1.807) is 4.90 Å². The van der Waals surface area contributed by atoms with Gasteiger partial charge in [-0.15, -0.1) is 0 Å². The van der Waals surface area contributed by atoms with Gasteiger partial charge in [0.25, 0.3) is 5.91 Å². The first-order valence-electron chi connectivity index (χ1n) is 9.90. The summed E-state index contributed by atoms with van der Waals surface area (Å²) in [5.74, 6) is 0.777. The fourth-order valence-corrected chi connectivity index (χ4v) is 4.49. The van der Waals surface area contributed by atoms with Gasteiger partial charge in [-0.3, -0.25) is 9.59 Å². The van der Waals surface area contributed by atoms with Crippen LogP contribution in [0.5, 0.6) is 5.75 Å². The Bertz CT molecular complexity index is 739. The zero-order valence-electron chi connectivity index (χ0n) is 15.9. The molecule has 3 aliphatic rings. The minimum Gasteiger partial charge on any atom is -0.496 e. The highest BCUT2D eigenvalue weighted by atomic mass is 19.1. The lowest BCUT2D eigenvalue weighted by Crippen LogP contribution is -2.52. The van der Waals surface area contributed by atoms with Crippen molar-refractivity contribution in [3.05, 3.63) is 29.6 Å². The molecule has 1 spiro atoms. The van der Waals surface area contributed by atoms with Crippen molar-refractivity contribution in [3.8, 4) is 5.75 Å². The van der Waals surface area contributed by atoms with Gasteiger partial charge in [-0.1, -0.05) is 0 Å². The van der Waals surface area contributed by atoms with Crippen LogP contribution in [0.25, 0.3) is 0 Å². The maximum atomic E-state index is 13.6. The summed E-state index contributed by atoms with van der Waals surface area (Å²) in [7, 11) is 1.49. The molecule has 2 saturated heterocycles. The summed E-state index contributed by atoms with van der Waals surface area (Å²) in [4.78, 5) is 29.0. The average molecular weight is 374 g/mol. The van der Waals surface area contributed by atoms with Crippen LogP contribution in [0, 0.1) is 17.2 Å². The summed E-state index contributed by atoms with van der Waals surface area (Å²) in [6.45, 7) is 3.02. The molecular formula is C21H27FN2O3. The second-order valence-corrected chi connectivity index (χ2v) is 8.35. The molecule has 0 atom stereocenters. The topological polar surface area (TPSA) is 49.9 Å². The Balaban J connectivity index is 1.42. The minimum atomic E-state index is -0.436. The summed E-state index contributed by atoms with van der Waals surface area (Å²) in [5.41, 5.74) is 0.411. The molecule has 0 aromatic heterocycles. The number of carbonyl (C=O) groups is 2.